The van der Waals surface area contributed by atoms with Gasteiger partial charge in [-0.15, -0.1) is 12.4 Å². The molecule has 1 aromatic rings. The number of carbonyl (C=O) groups is 1. The van der Waals surface area contributed by atoms with Crippen molar-refractivity contribution in [3.8, 4) is 0 Å². The number of rotatable bonds is 4. The van der Waals surface area contributed by atoms with Crippen molar-refractivity contribution in [3.05, 3.63) is 35.4 Å². The molecule has 1 aliphatic heterocycles. The van der Waals surface area contributed by atoms with E-state index in [1.54, 1.807) is 0 Å². The minimum absolute atomic E-state index is 0. The Hall–Kier alpha value is -1.31. The second-order valence-electron chi connectivity index (χ2n) is 6.06. The molecule has 0 saturated carbocycles. The molecule has 0 aliphatic carbocycles. The van der Waals surface area contributed by atoms with E-state index in [1.165, 1.54) is 4.90 Å². The lowest BCUT2D eigenvalue weighted by molar-refractivity contribution is -0.148. The molecule has 8 heteroatoms. The highest BCUT2D eigenvalue weighted by Crippen LogP contribution is 2.20. The number of aryl methyl sites for hydroxylation is 1. The zero-order valence-corrected chi connectivity index (χ0v) is 14.3. The first-order valence-corrected chi connectivity index (χ1v) is 7.66. The number of amides is 1. The molecule has 0 radical (unpaired) electrons. The quantitative estimate of drug-likeness (QED) is 0.862. The van der Waals surface area contributed by atoms with Crippen LogP contribution >= 0.6 is 12.4 Å². The molecule has 0 spiro atoms. The van der Waals surface area contributed by atoms with E-state index in [4.69, 9.17) is 5.73 Å². The van der Waals surface area contributed by atoms with Crippen molar-refractivity contribution in [1.82, 2.24) is 10.2 Å². The number of nitrogens with one attached hydrogen (secondary N) is 1. The van der Waals surface area contributed by atoms with Gasteiger partial charge in [-0.1, -0.05) is 29.8 Å². The molecule has 1 heterocycles. The van der Waals surface area contributed by atoms with Crippen LogP contribution in [0, 0.1) is 6.92 Å². The summed E-state index contributed by atoms with van der Waals surface area (Å²) in [6.07, 6.45) is -3.17. The predicted molar refractivity (Wildman–Crippen MR) is 89.0 cm³/mol. The Morgan fingerprint density at radius 1 is 1.29 bits per heavy atom. The van der Waals surface area contributed by atoms with E-state index in [-0.39, 0.29) is 24.4 Å². The van der Waals surface area contributed by atoms with Crippen molar-refractivity contribution in [2.24, 2.45) is 5.73 Å². The molecular weight excluding hydrogens is 343 g/mol. The van der Waals surface area contributed by atoms with Crippen LogP contribution in [0.1, 0.15) is 30.0 Å². The van der Waals surface area contributed by atoms with Crippen LogP contribution in [0.25, 0.3) is 0 Å². The number of benzene rings is 1. The molecule has 2 rings (SSSR count). The van der Waals surface area contributed by atoms with Crippen molar-refractivity contribution in [3.63, 3.8) is 0 Å². The number of halogens is 4. The van der Waals surface area contributed by atoms with E-state index in [9.17, 15) is 18.0 Å². The summed E-state index contributed by atoms with van der Waals surface area (Å²) in [5.41, 5.74) is 7.75. The molecule has 0 bridgehead atoms. The van der Waals surface area contributed by atoms with Crippen LogP contribution in [0.4, 0.5) is 13.2 Å². The SMILES string of the molecule is Cc1ccc(C(N)C(=O)NC2CCN(CC(F)(F)F)CC2)cc1.Cl. The van der Waals surface area contributed by atoms with E-state index in [0.717, 1.165) is 11.1 Å². The lowest BCUT2D eigenvalue weighted by atomic mass is 10.0. The van der Waals surface area contributed by atoms with Crippen LogP contribution in [-0.4, -0.2) is 42.7 Å². The highest BCUT2D eigenvalue weighted by atomic mass is 35.5. The second kappa shape index (κ2) is 8.69. The van der Waals surface area contributed by atoms with Gasteiger partial charge in [0.1, 0.15) is 6.04 Å². The Bertz CT molecular complexity index is 528. The zero-order chi connectivity index (χ0) is 17.0. The molecule has 24 heavy (non-hydrogen) atoms. The molecule has 1 fully saturated rings. The van der Waals surface area contributed by atoms with Crippen LogP contribution in [0.3, 0.4) is 0 Å². The van der Waals surface area contributed by atoms with Gasteiger partial charge in [0.05, 0.1) is 6.54 Å². The maximum absolute atomic E-state index is 12.3. The van der Waals surface area contributed by atoms with Crippen molar-refractivity contribution in [2.45, 2.75) is 38.0 Å². The normalized spacial score (nSPS) is 17.9. The Morgan fingerprint density at radius 2 is 1.83 bits per heavy atom. The molecule has 3 N–H and O–H groups in total. The maximum Gasteiger partial charge on any atom is 0.401 e. The average Bonchev–Trinajstić information content (AvgIpc) is 2.48. The smallest absolute Gasteiger partial charge is 0.352 e. The molecular formula is C16H23ClF3N3O. The topological polar surface area (TPSA) is 58.4 Å². The molecule has 1 unspecified atom stereocenters. The Morgan fingerprint density at radius 3 is 2.33 bits per heavy atom. The number of carbonyl (C=O) groups excluding carboxylic acids is 1. The largest absolute Gasteiger partial charge is 0.401 e. The third-order valence-corrected chi connectivity index (χ3v) is 4.06. The van der Waals surface area contributed by atoms with Crippen LogP contribution in [0.15, 0.2) is 24.3 Å². The van der Waals surface area contributed by atoms with Gasteiger partial charge in [-0.25, -0.2) is 0 Å². The monoisotopic (exact) mass is 365 g/mol. The summed E-state index contributed by atoms with van der Waals surface area (Å²) in [6, 6.07) is 6.51. The lowest BCUT2D eigenvalue weighted by Gasteiger charge is -2.33. The van der Waals surface area contributed by atoms with Crippen LogP contribution < -0.4 is 11.1 Å². The third-order valence-electron chi connectivity index (χ3n) is 4.06. The van der Waals surface area contributed by atoms with Gasteiger partial charge in [-0.05, 0) is 25.3 Å². The van der Waals surface area contributed by atoms with E-state index in [1.807, 2.05) is 31.2 Å². The van der Waals surface area contributed by atoms with Gasteiger partial charge < -0.3 is 11.1 Å². The van der Waals surface area contributed by atoms with Crippen LogP contribution in [0.2, 0.25) is 0 Å². The standard InChI is InChI=1S/C16H22F3N3O.ClH/c1-11-2-4-12(5-3-11)14(20)15(23)21-13-6-8-22(9-7-13)10-16(17,18)19;/h2-5,13-14H,6-10,20H2,1H3,(H,21,23);1H. The minimum Gasteiger partial charge on any atom is -0.352 e. The molecule has 1 atom stereocenters. The molecule has 1 amide bonds. The summed E-state index contributed by atoms with van der Waals surface area (Å²) in [4.78, 5) is 13.5. The van der Waals surface area contributed by atoms with Crippen LogP contribution in [0.5, 0.6) is 0 Å². The number of hydrogen-bond acceptors (Lipinski definition) is 3. The van der Waals surface area contributed by atoms with Gasteiger partial charge >= 0.3 is 6.18 Å². The first kappa shape index (κ1) is 20.7. The third kappa shape index (κ3) is 6.30. The summed E-state index contributed by atoms with van der Waals surface area (Å²) in [6.45, 7) is 1.70. The van der Waals surface area contributed by atoms with Gasteiger partial charge in [-0.3, -0.25) is 9.69 Å². The maximum atomic E-state index is 12.3. The van der Waals surface area contributed by atoms with Gasteiger partial charge in [0.2, 0.25) is 5.91 Å². The van der Waals surface area contributed by atoms with E-state index < -0.39 is 18.8 Å². The van der Waals surface area contributed by atoms with E-state index in [2.05, 4.69) is 5.32 Å². The highest BCUT2D eigenvalue weighted by Gasteiger charge is 2.33. The van der Waals surface area contributed by atoms with E-state index >= 15 is 0 Å². The summed E-state index contributed by atoms with van der Waals surface area (Å²) in [7, 11) is 0. The van der Waals surface area contributed by atoms with Crippen molar-refractivity contribution in [2.75, 3.05) is 19.6 Å². The Balaban J connectivity index is 0.00000288. The first-order chi connectivity index (χ1) is 10.7. The number of likely N-dealkylation sites (tertiary alicyclic amines) is 1. The fourth-order valence-corrected chi connectivity index (χ4v) is 2.71. The molecule has 0 aromatic heterocycles. The molecule has 1 aliphatic rings. The summed E-state index contributed by atoms with van der Waals surface area (Å²) >= 11 is 0. The Kier molecular flexibility index (Phi) is 7.51. The molecule has 1 aromatic carbocycles. The fraction of sp³-hybridized carbons (Fsp3) is 0.562. The van der Waals surface area contributed by atoms with Crippen molar-refractivity contribution < 1.29 is 18.0 Å². The summed E-state index contributed by atoms with van der Waals surface area (Å²) in [5, 5.41) is 2.84. The first-order valence-electron chi connectivity index (χ1n) is 7.66. The minimum atomic E-state index is -4.18. The van der Waals surface area contributed by atoms with Crippen LogP contribution in [-0.2, 0) is 4.79 Å². The Labute approximate surface area is 146 Å². The van der Waals surface area contributed by atoms with Gasteiger partial charge in [0, 0.05) is 19.1 Å². The van der Waals surface area contributed by atoms with E-state index in [0.29, 0.717) is 25.9 Å². The van der Waals surface area contributed by atoms with Crippen molar-refractivity contribution in [1.29, 1.82) is 0 Å². The van der Waals surface area contributed by atoms with Gasteiger partial charge in [0.25, 0.3) is 0 Å². The summed E-state index contributed by atoms with van der Waals surface area (Å²) in [5.74, 6) is -0.289. The zero-order valence-electron chi connectivity index (χ0n) is 13.5. The number of piperidine rings is 1. The lowest BCUT2D eigenvalue weighted by Crippen LogP contribution is -2.48. The van der Waals surface area contributed by atoms with Gasteiger partial charge in [0.15, 0.2) is 0 Å². The number of nitrogens with zero attached hydrogens (tertiary/aromatic N) is 1. The summed E-state index contributed by atoms with van der Waals surface area (Å²) < 4.78 is 37.0. The number of nitrogens with two attached hydrogens (primary N) is 1. The second-order valence-corrected chi connectivity index (χ2v) is 6.06. The number of alkyl halides is 3. The molecule has 1 saturated heterocycles. The fourth-order valence-electron chi connectivity index (χ4n) is 2.71. The predicted octanol–water partition coefficient (Wildman–Crippen LogP) is 2.56. The van der Waals surface area contributed by atoms with Gasteiger partial charge in [-0.2, -0.15) is 13.2 Å². The molecule has 4 nitrogen and oxygen atoms in total. The average molecular weight is 366 g/mol. The number of hydrogen-bond donors (Lipinski definition) is 2. The highest BCUT2D eigenvalue weighted by molar-refractivity contribution is 5.85. The van der Waals surface area contributed by atoms with Crippen molar-refractivity contribution >= 4 is 18.3 Å². The molecule has 136 valence electrons.